The third-order valence-corrected chi connectivity index (χ3v) is 3.80. The standard InChI is InChI=1S/C12H7FN4O2S/c13-8-4-2-1-3-6(8)10-7(11-14-16-17-15-11)5-9(20-10)12(18)19/h1-5H,(H,18,19)(H,14,15,16,17). The van der Waals surface area contributed by atoms with Crippen LogP contribution in [0.2, 0.25) is 0 Å². The van der Waals surface area contributed by atoms with Crippen molar-refractivity contribution in [2.24, 2.45) is 0 Å². The van der Waals surface area contributed by atoms with Crippen molar-refractivity contribution in [3.05, 3.63) is 41.0 Å². The Kier molecular flexibility index (Phi) is 2.99. The van der Waals surface area contributed by atoms with Gasteiger partial charge in [0.2, 0.25) is 5.82 Å². The molecule has 0 spiro atoms. The van der Waals surface area contributed by atoms with Gasteiger partial charge in [0.25, 0.3) is 0 Å². The van der Waals surface area contributed by atoms with Crippen molar-refractivity contribution in [1.82, 2.24) is 20.6 Å². The molecule has 0 radical (unpaired) electrons. The number of carboxylic acids is 1. The number of tetrazole rings is 1. The van der Waals surface area contributed by atoms with Crippen LogP contribution in [0.25, 0.3) is 21.8 Å². The first-order valence-electron chi connectivity index (χ1n) is 5.52. The first-order chi connectivity index (χ1) is 9.66. The molecule has 2 N–H and O–H groups in total. The number of H-pyrrole nitrogens is 1. The predicted octanol–water partition coefficient (Wildman–Crippen LogP) is 2.43. The zero-order valence-electron chi connectivity index (χ0n) is 9.87. The Hall–Kier alpha value is -2.61. The molecule has 20 heavy (non-hydrogen) atoms. The summed E-state index contributed by atoms with van der Waals surface area (Å²) in [4.78, 5) is 11.7. The number of rotatable bonds is 3. The van der Waals surface area contributed by atoms with Gasteiger partial charge in [-0.2, -0.15) is 5.21 Å². The molecule has 0 bridgehead atoms. The molecule has 100 valence electrons. The highest BCUT2D eigenvalue weighted by atomic mass is 32.1. The summed E-state index contributed by atoms with van der Waals surface area (Å²) in [6.07, 6.45) is 0. The molecule has 6 nitrogen and oxygen atoms in total. The van der Waals surface area contributed by atoms with E-state index in [1.54, 1.807) is 18.2 Å². The van der Waals surface area contributed by atoms with Crippen LogP contribution in [-0.4, -0.2) is 31.7 Å². The molecule has 0 aliphatic heterocycles. The molecule has 0 aliphatic rings. The normalized spacial score (nSPS) is 10.7. The molecule has 2 heterocycles. The molecule has 1 aromatic carbocycles. The Morgan fingerprint density at radius 1 is 1.30 bits per heavy atom. The molecule has 0 fully saturated rings. The number of nitrogens with zero attached hydrogens (tertiary/aromatic N) is 3. The number of aromatic carboxylic acids is 1. The molecular weight excluding hydrogens is 283 g/mol. The van der Waals surface area contributed by atoms with Crippen molar-refractivity contribution >= 4 is 17.3 Å². The maximum Gasteiger partial charge on any atom is 0.345 e. The first kappa shape index (κ1) is 12.4. The SMILES string of the molecule is O=C(O)c1cc(-c2nn[nH]n2)c(-c2ccccc2F)s1. The molecule has 8 heteroatoms. The molecule has 0 saturated carbocycles. The van der Waals surface area contributed by atoms with Gasteiger partial charge in [0, 0.05) is 16.0 Å². The van der Waals surface area contributed by atoms with E-state index in [1.807, 2.05) is 0 Å². The lowest BCUT2D eigenvalue weighted by Crippen LogP contribution is -1.90. The summed E-state index contributed by atoms with van der Waals surface area (Å²) in [6.45, 7) is 0. The molecule has 0 amide bonds. The van der Waals surface area contributed by atoms with Crippen molar-refractivity contribution < 1.29 is 14.3 Å². The number of thiophene rings is 1. The summed E-state index contributed by atoms with van der Waals surface area (Å²) in [5, 5.41) is 22.5. The van der Waals surface area contributed by atoms with Gasteiger partial charge in [0.15, 0.2) is 0 Å². The van der Waals surface area contributed by atoms with Crippen LogP contribution < -0.4 is 0 Å². The van der Waals surface area contributed by atoms with E-state index >= 15 is 0 Å². The average Bonchev–Trinajstić information content (AvgIpc) is 3.08. The van der Waals surface area contributed by atoms with E-state index in [1.165, 1.54) is 12.1 Å². The van der Waals surface area contributed by atoms with Crippen LogP contribution in [0, 0.1) is 5.82 Å². The topological polar surface area (TPSA) is 91.8 Å². The number of carbonyl (C=O) groups is 1. The smallest absolute Gasteiger partial charge is 0.345 e. The number of aromatic nitrogens is 4. The van der Waals surface area contributed by atoms with Gasteiger partial charge in [-0.05, 0) is 17.3 Å². The number of aromatic amines is 1. The van der Waals surface area contributed by atoms with Gasteiger partial charge in [-0.3, -0.25) is 0 Å². The Balaban J connectivity index is 2.24. The highest BCUT2D eigenvalue weighted by Gasteiger charge is 2.20. The Morgan fingerprint density at radius 3 is 2.75 bits per heavy atom. The second-order valence-corrected chi connectivity index (χ2v) is 4.93. The minimum absolute atomic E-state index is 0.0862. The van der Waals surface area contributed by atoms with Crippen LogP contribution >= 0.6 is 11.3 Å². The number of halogens is 1. The fourth-order valence-corrected chi connectivity index (χ4v) is 2.80. The van der Waals surface area contributed by atoms with E-state index in [4.69, 9.17) is 5.11 Å². The first-order valence-corrected chi connectivity index (χ1v) is 6.34. The van der Waals surface area contributed by atoms with Gasteiger partial charge in [0.1, 0.15) is 10.7 Å². The second kappa shape index (κ2) is 4.82. The maximum atomic E-state index is 13.9. The van der Waals surface area contributed by atoms with Crippen LogP contribution in [0.5, 0.6) is 0 Å². The summed E-state index contributed by atoms with van der Waals surface area (Å²) >= 11 is 0.972. The van der Waals surface area contributed by atoms with Gasteiger partial charge in [0.05, 0.1) is 0 Å². The van der Waals surface area contributed by atoms with Crippen molar-refractivity contribution in [2.45, 2.75) is 0 Å². The van der Waals surface area contributed by atoms with Crippen molar-refractivity contribution in [3.8, 4) is 21.8 Å². The second-order valence-electron chi connectivity index (χ2n) is 3.87. The molecule has 0 unspecified atom stereocenters. The highest BCUT2D eigenvalue weighted by Crippen LogP contribution is 2.38. The number of benzene rings is 1. The lowest BCUT2D eigenvalue weighted by Gasteiger charge is -2.01. The molecule has 2 aromatic heterocycles. The van der Waals surface area contributed by atoms with Crippen LogP contribution in [0.4, 0.5) is 4.39 Å². The molecule has 0 aliphatic carbocycles. The minimum atomic E-state index is -1.08. The molecular formula is C12H7FN4O2S. The number of hydrogen-bond acceptors (Lipinski definition) is 5. The van der Waals surface area contributed by atoms with Gasteiger partial charge < -0.3 is 5.11 Å². The monoisotopic (exact) mass is 290 g/mol. The number of nitrogens with one attached hydrogen (secondary N) is 1. The van der Waals surface area contributed by atoms with Crippen LogP contribution in [0.15, 0.2) is 30.3 Å². The van der Waals surface area contributed by atoms with Gasteiger partial charge >= 0.3 is 5.97 Å². The zero-order chi connectivity index (χ0) is 14.1. The Bertz CT molecular complexity index is 770. The van der Waals surface area contributed by atoms with E-state index in [9.17, 15) is 9.18 Å². The largest absolute Gasteiger partial charge is 0.477 e. The van der Waals surface area contributed by atoms with Crippen LogP contribution in [0.1, 0.15) is 9.67 Å². The fourth-order valence-electron chi connectivity index (χ4n) is 1.78. The van der Waals surface area contributed by atoms with Gasteiger partial charge in [-0.1, -0.05) is 18.2 Å². The summed E-state index contributed by atoms with van der Waals surface area (Å²) in [5.74, 6) is -1.29. The third-order valence-electron chi connectivity index (χ3n) is 2.65. The predicted molar refractivity (Wildman–Crippen MR) is 69.8 cm³/mol. The average molecular weight is 290 g/mol. The lowest BCUT2D eigenvalue weighted by molar-refractivity contribution is 0.0702. The Labute approximate surface area is 115 Å². The summed E-state index contributed by atoms with van der Waals surface area (Å²) in [5.41, 5.74) is 0.746. The van der Waals surface area contributed by atoms with Gasteiger partial charge in [-0.15, -0.1) is 21.5 Å². The van der Waals surface area contributed by atoms with E-state index in [0.29, 0.717) is 16.0 Å². The van der Waals surface area contributed by atoms with E-state index < -0.39 is 11.8 Å². The molecule has 3 rings (SSSR count). The summed E-state index contributed by atoms with van der Waals surface area (Å²) in [6, 6.07) is 7.56. The zero-order valence-corrected chi connectivity index (χ0v) is 10.7. The molecule has 0 saturated heterocycles. The van der Waals surface area contributed by atoms with E-state index in [2.05, 4.69) is 20.6 Å². The minimum Gasteiger partial charge on any atom is -0.477 e. The quantitative estimate of drug-likeness (QED) is 0.773. The third kappa shape index (κ3) is 2.05. The highest BCUT2D eigenvalue weighted by molar-refractivity contribution is 7.18. The summed E-state index contributed by atoms with van der Waals surface area (Å²) < 4.78 is 13.9. The van der Waals surface area contributed by atoms with Crippen LogP contribution in [0.3, 0.4) is 0 Å². The fraction of sp³-hybridized carbons (Fsp3) is 0. The summed E-state index contributed by atoms with van der Waals surface area (Å²) in [7, 11) is 0. The van der Waals surface area contributed by atoms with Crippen LogP contribution in [-0.2, 0) is 0 Å². The van der Waals surface area contributed by atoms with E-state index in [-0.39, 0.29) is 10.7 Å². The molecule has 3 aromatic rings. The maximum absolute atomic E-state index is 13.9. The number of carboxylic acid groups (broad SMARTS) is 1. The Morgan fingerprint density at radius 2 is 2.10 bits per heavy atom. The van der Waals surface area contributed by atoms with Crippen molar-refractivity contribution in [1.29, 1.82) is 0 Å². The number of hydrogen-bond donors (Lipinski definition) is 2. The van der Waals surface area contributed by atoms with Crippen molar-refractivity contribution in [2.75, 3.05) is 0 Å². The van der Waals surface area contributed by atoms with Crippen molar-refractivity contribution in [3.63, 3.8) is 0 Å². The lowest BCUT2D eigenvalue weighted by atomic mass is 10.1. The van der Waals surface area contributed by atoms with E-state index in [0.717, 1.165) is 11.3 Å². The van der Waals surface area contributed by atoms with Gasteiger partial charge in [-0.25, -0.2) is 9.18 Å². The molecule has 0 atom stereocenters.